The van der Waals surface area contributed by atoms with E-state index in [0.29, 0.717) is 12.1 Å². The minimum absolute atomic E-state index is 0.0516. The Morgan fingerprint density at radius 3 is 2.32 bits per heavy atom. The molecule has 2 amide bonds. The molecule has 5 nitrogen and oxygen atoms in total. The summed E-state index contributed by atoms with van der Waals surface area (Å²) in [5.74, 6) is -0.482. The maximum Gasteiger partial charge on any atom is 0.251 e. The third-order valence-electron chi connectivity index (χ3n) is 5.06. The maximum absolute atomic E-state index is 12.4. The fourth-order valence-electron chi connectivity index (χ4n) is 3.36. The molecule has 0 radical (unpaired) electrons. The van der Waals surface area contributed by atoms with E-state index in [1.807, 2.05) is 72.9 Å². The second-order valence-corrected chi connectivity index (χ2v) is 7.26. The zero-order valence-electron chi connectivity index (χ0n) is 17.0. The number of hydrogen-bond acceptors (Lipinski definition) is 3. The molecule has 4 rings (SSSR count). The van der Waals surface area contributed by atoms with Crippen LogP contribution in [-0.2, 0) is 11.2 Å². The van der Waals surface area contributed by atoms with Gasteiger partial charge < -0.3 is 10.6 Å². The lowest BCUT2D eigenvalue weighted by atomic mass is 10.0. The highest BCUT2D eigenvalue weighted by Gasteiger charge is 2.09. The van der Waals surface area contributed by atoms with Crippen LogP contribution in [0.1, 0.15) is 15.9 Å². The van der Waals surface area contributed by atoms with Crippen molar-refractivity contribution in [1.29, 1.82) is 0 Å². The van der Waals surface area contributed by atoms with Crippen LogP contribution in [0.4, 0.5) is 0 Å². The molecule has 0 aliphatic rings. The molecule has 0 spiro atoms. The first-order chi connectivity index (χ1) is 15.2. The molecule has 0 aliphatic heterocycles. The largest absolute Gasteiger partial charge is 0.354 e. The van der Waals surface area contributed by atoms with Crippen LogP contribution in [0, 0.1) is 0 Å². The van der Waals surface area contributed by atoms with Gasteiger partial charge in [0.05, 0.1) is 12.1 Å². The van der Waals surface area contributed by atoms with Gasteiger partial charge in [-0.3, -0.25) is 14.6 Å². The normalized spacial score (nSPS) is 10.6. The summed E-state index contributed by atoms with van der Waals surface area (Å²) in [7, 11) is 0. The number of rotatable bonds is 7. The number of para-hydroxylation sites is 1. The number of nitrogens with zero attached hydrogens (tertiary/aromatic N) is 1. The van der Waals surface area contributed by atoms with Crippen LogP contribution in [0.3, 0.4) is 0 Å². The summed E-state index contributed by atoms with van der Waals surface area (Å²) in [6.45, 7) is 0.483. The number of pyridine rings is 1. The quantitative estimate of drug-likeness (QED) is 0.485. The number of nitrogens with one attached hydrogen (secondary N) is 2. The third kappa shape index (κ3) is 5.34. The first-order valence-electron chi connectivity index (χ1n) is 10.2. The zero-order chi connectivity index (χ0) is 21.5. The van der Waals surface area contributed by atoms with Gasteiger partial charge in [0.2, 0.25) is 5.91 Å². The minimum atomic E-state index is -0.276. The monoisotopic (exact) mass is 409 g/mol. The van der Waals surface area contributed by atoms with E-state index in [2.05, 4.69) is 21.7 Å². The summed E-state index contributed by atoms with van der Waals surface area (Å²) in [5, 5.41) is 6.56. The fourth-order valence-corrected chi connectivity index (χ4v) is 3.36. The Morgan fingerprint density at radius 1 is 0.774 bits per heavy atom. The lowest BCUT2D eigenvalue weighted by molar-refractivity contribution is -0.120. The topological polar surface area (TPSA) is 71.1 Å². The molecular formula is C26H23N3O2. The molecule has 2 N–H and O–H groups in total. The van der Waals surface area contributed by atoms with Crippen molar-refractivity contribution in [2.24, 2.45) is 0 Å². The highest BCUT2D eigenvalue weighted by molar-refractivity contribution is 5.97. The zero-order valence-corrected chi connectivity index (χ0v) is 17.0. The molecule has 0 atom stereocenters. The Labute approximate surface area is 181 Å². The Morgan fingerprint density at radius 2 is 1.52 bits per heavy atom. The molecule has 0 fully saturated rings. The molecule has 31 heavy (non-hydrogen) atoms. The van der Waals surface area contributed by atoms with Crippen molar-refractivity contribution in [1.82, 2.24) is 15.6 Å². The van der Waals surface area contributed by atoms with Gasteiger partial charge in [-0.15, -0.1) is 0 Å². The minimum Gasteiger partial charge on any atom is -0.354 e. The van der Waals surface area contributed by atoms with E-state index < -0.39 is 0 Å². The number of benzene rings is 3. The number of amides is 2. The van der Waals surface area contributed by atoms with Crippen LogP contribution >= 0.6 is 0 Å². The molecule has 4 aromatic rings. The molecule has 154 valence electrons. The van der Waals surface area contributed by atoms with E-state index in [9.17, 15) is 9.59 Å². The average Bonchev–Trinajstić information content (AvgIpc) is 2.83. The van der Waals surface area contributed by atoms with Crippen molar-refractivity contribution in [2.45, 2.75) is 6.42 Å². The summed E-state index contributed by atoms with van der Waals surface area (Å²) < 4.78 is 0. The van der Waals surface area contributed by atoms with Gasteiger partial charge in [0.1, 0.15) is 0 Å². The lowest BCUT2D eigenvalue weighted by Crippen LogP contribution is -2.37. The SMILES string of the molecule is O=C(CNC(=O)c1ccc(-c2cnc3ccccc3c2)cc1)NCCc1ccccc1. The van der Waals surface area contributed by atoms with Gasteiger partial charge in [-0.2, -0.15) is 0 Å². The maximum atomic E-state index is 12.4. The number of hydrogen-bond donors (Lipinski definition) is 2. The van der Waals surface area contributed by atoms with Crippen molar-refractivity contribution in [2.75, 3.05) is 13.1 Å². The molecule has 0 aliphatic carbocycles. The van der Waals surface area contributed by atoms with Gasteiger partial charge in [0, 0.05) is 29.3 Å². The molecule has 0 saturated heterocycles. The summed E-state index contributed by atoms with van der Waals surface area (Å²) in [6.07, 6.45) is 2.59. The van der Waals surface area contributed by atoms with E-state index in [-0.39, 0.29) is 18.4 Å². The fraction of sp³-hybridized carbons (Fsp3) is 0.115. The summed E-state index contributed by atoms with van der Waals surface area (Å²) in [5.41, 5.74) is 4.59. The number of carbonyl (C=O) groups excluding carboxylic acids is 2. The van der Waals surface area contributed by atoms with E-state index in [4.69, 9.17) is 0 Å². The third-order valence-corrected chi connectivity index (χ3v) is 5.06. The Hall–Kier alpha value is -3.99. The van der Waals surface area contributed by atoms with Crippen LogP contribution in [0.5, 0.6) is 0 Å². The Bertz CT molecular complexity index is 1190. The lowest BCUT2D eigenvalue weighted by Gasteiger charge is -2.08. The first-order valence-corrected chi connectivity index (χ1v) is 10.2. The van der Waals surface area contributed by atoms with E-state index in [0.717, 1.165) is 34.0 Å². The number of carbonyl (C=O) groups is 2. The Kier molecular flexibility index (Phi) is 6.33. The van der Waals surface area contributed by atoms with Gasteiger partial charge in [-0.05, 0) is 41.8 Å². The molecule has 0 bridgehead atoms. The van der Waals surface area contributed by atoms with Crippen LogP contribution in [0.2, 0.25) is 0 Å². The van der Waals surface area contributed by atoms with Crippen LogP contribution in [-0.4, -0.2) is 29.9 Å². The second-order valence-electron chi connectivity index (χ2n) is 7.26. The molecule has 5 heteroatoms. The van der Waals surface area contributed by atoms with E-state index in [1.54, 1.807) is 12.1 Å². The van der Waals surface area contributed by atoms with Crippen molar-refractivity contribution >= 4 is 22.7 Å². The predicted molar refractivity (Wildman–Crippen MR) is 123 cm³/mol. The standard InChI is InChI=1S/C26H23N3O2/c30-25(27-15-14-19-6-2-1-3-7-19)18-29-26(31)21-12-10-20(11-13-21)23-16-22-8-4-5-9-24(22)28-17-23/h1-13,16-17H,14-15,18H2,(H,27,30)(H,29,31). The van der Waals surface area contributed by atoms with Crippen LogP contribution in [0.15, 0.2) is 91.1 Å². The average molecular weight is 409 g/mol. The van der Waals surface area contributed by atoms with Gasteiger partial charge in [0.15, 0.2) is 0 Å². The van der Waals surface area contributed by atoms with Gasteiger partial charge in [-0.25, -0.2) is 0 Å². The molecule has 0 unspecified atom stereocenters. The van der Waals surface area contributed by atoms with Gasteiger partial charge in [-0.1, -0.05) is 60.7 Å². The molecule has 1 heterocycles. The van der Waals surface area contributed by atoms with Gasteiger partial charge >= 0.3 is 0 Å². The predicted octanol–water partition coefficient (Wildman–Crippen LogP) is 3.99. The molecule has 3 aromatic carbocycles. The number of aromatic nitrogens is 1. The van der Waals surface area contributed by atoms with Crippen molar-refractivity contribution < 1.29 is 9.59 Å². The van der Waals surface area contributed by atoms with Crippen molar-refractivity contribution in [3.63, 3.8) is 0 Å². The van der Waals surface area contributed by atoms with Crippen LogP contribution in [0.25, 0.3) is 22.0 Å². The molecule has 1 aromatic heterocycles. The molecular weight excluding hydrogens is 386 g/mol. The second kappa shape index (κ2) is 9.67. The van der Waals surface area contributed by atoms with E-state index >= 15 is 0 Å². The van der Waals surface area contributed by atoms with Crippen LogP contribution < -0.4 is 10.6 Å². The first kappa shape index (κ1) is 20.3. The van der Waals surface area contributed by atoms with Gasteiger partial charge in [0.25, 0.3) is 5.91 Å². The smallest absolute Gasteiger partial charge is 0.251 e. The number of fused-ring (bicyclic) bond motifs is 1. The summed E-state index contributed by atoms with van der Waals surface area (Å²) in [4.78, 5) is 28.8. The Balaban J connectivity index is 1.29. The van der Waals surface area contributed by atoms with Crippen molar-refractivity contribution in [3.05, 3.63) is 102 Å². The van der Waals surface area contributed by atoms with E-state index in [1.165, 1.54) is 0 Å². The van der Waals surface area contributed by atoms with Crippen molar-refractivity contribution in [3.8, 4) is 11.1 Å². The highest BCUT2D eigenvalue weighted by Crippen LogP contribution is 2.23. The summed E-state index contributed by atoms with van der Waals surface area (Å²) in [6, 6.07) is 27.3. The molecule has 0 saturated carbocycles. The summed E-state index contributed by atoms with van der Waals surface area (Å²) >= 11 is 0. The highest BCUT2D eigenvalue weighted by atomic mass is 16.2.